The van der Waals surface area contributed by atoms with E-state index in [4.69, 9.17) is 0 Å². The maximum atomic E-state index is 13.6. The first kappa shape index (κ1) is 17.4. The molecule has 0 unspecified atom stereocenters. The van der Waals surface area contributed by atoms with Crippen LogP contribution in [0.3, 0.4) is 0 Å². The van der Waals surface area contributed by atoms with Gasteiger partial charge in [-0.3, -0.25) is 0 Å². The van der Waals surface area contributed by atoms with E-state index in [2.05, 4.69) is 0 Å². The van der Waals surface area contributed by atoms with Crippen LogP contribution in [0.2, 0.25) is 0 Å². The summed E-state index contributed by atoms with van der Waals surface area (Å²) < 4.78 is 76.1. The van der Waals surface area contributed by atoms with Crippen molar-refractivity contribution in [2.24, 2.45) is 0 Å². The summed E-state index contributed by atoms with van der Waals surface area (Å²) in [4.78, 5) is 0.0404. The summed E-state index contributed by atoms with van der Waals surface area (Å²) in [6.07, 6.45) is -4.76. The second-order valence-corrected chi connectivity index (χ2v) is 7.16. The monoisotopic (exact) mass is 347 g/mol. The van der Waals surface area contributed by atoms with Crippen molar-refractivity contribution >= 4 is 10.0 Å². The SMILES string of the molecule is CN(C)S(=O)(=O)c1ccc(-c2ccc(C(F)(F)F)c(F)c2)cc1. The molecule has 0 spiro atoms. The summed E-state index contributed by atoms with van der Waals surface area (Å²) in [5, 5.41) is 0. The molecular weight excluding hydrogens is 334 g/mol. The van der Waals surface area contributed by atoms with E-state index in [1.54, 1.807) is 0 Å². The number of nitrogens with zero attached hydrogens (tertiary/aromatic N) is 1. The fraction of sp³-hybridized carbons (Fsp3) is 0.200. The van der Waals surface area contributed by atoms with Crippen LogP contribution in [0.4, 0.5) is 17.6 Å². The van der Waals surface area contributed by atoms with E-state index >= 15 is 0 Å². The quantitative estimate of drug-likeness (QED) is 0.793. The van der Waals surface area contributed by atoms with Crippen molar-refractivity contribution < 1.29 is 26.0 Å². The van der Waals surface area contributed by atoms with Crippen LogP contribution < -0.4 is 0 Å². The molecule has 0 fully saturated rings. The van der Waals surface area contributed by atoms with Crippen molar-refractivity contribution in [1.29, 1.82) is 0 Å². The lowest BCUT2D eigenvalue weighted by atomic mass is 10.0. The van der Waals surface area contributed by atoms with Crippen molar-refractivity contribution in [1.82, 2.24) is 4.31 Å². The van der Waals surface area contributed by atoms with E-state index in [-0.39, 0.29) is 10.5 Å². The Hall–Kier alpha value is -1.93. The molecule has 2 aromatic carbocycles. The summed E-state index contributed by atoms with van der Waals surface area (Å²) in [7, 11) is -0.833. The Morgan fingerprint density at radius 3 is 1.87 bits per heavy atom. The summed E-state index contributed by atoms with van der Waals surface area (Å²) >= 11 is 0. The van der Waals surface area contributed by atoms with Crippen molar-refractivity contribution in [2.45, 2.75) is 11.1 Å². The first-order valence-corrected chi connectivity index (χ1v) is 7.87. The standard InChI is InChI=1S/C15H13F4NO2S/c1-20(2)23(21,22)12-6-3-10(4-7-12)11-5-8-13(14(16)9-11)15(17,18)19/h3-9H,1-2H3. The zero-order valence-corrected chi connectivity index (χ0v) is 13.0. The van der Waals surface area contributed by atoms with Crippen LogP contribution in [0.25, 0.3) is 11.1 Å². The average Bonchev–Trinajstić information content (AvgIpc) is 2.45. The van der Waals surface area contributed by atoms with E-state index in [1.807, 2.05) is 0 Å². The smallest absolute Gasteiger partial charge is 0.207 e. The minimum absolute atomic E-state index is 0.0404. The third kappa shape index (κ3) is 3.53. The molecular formula is C15H13F4NO2S. The first-order chi connectivity index (χ1) is 10.5. The number of hydrogen-bond donors (Lipinski definition) is 0. The number of benzene rings is 2. The van der Waals surface area contributed by atoms with Crippen molar-refractivity contribution in [2.75, 3.05) is 14.1 Å². The molecule has 0 aliphatic carbocycles. The predicted octanol–water partition coefficient (Wildman–Crippen LogP) is 3.76. The number of sulfonamides is 1. The van der Waals surface area contributed by atoms with Crippen LogP contribution in [0.1, 0.15) is 5.56 Å². The Morgan fingerprint density at radius 2 is 1.43 bits per heavy atom. The first-order valence-electron chi connectivity index (χ1n) is 6.43. The molecule has 0 saturated carbocycles. The zero-order valence-electron chi connectivity index (χ0n) is 12.2. The van der Waals surface area contributed by atoms with Gasteiger partial charge in [0.05, 0.1) is 10.5 Å². The second kappa shape index (κ2) is 5.93. The van der Waals surface area contributed by atoms with E-state index in [0.29, 0.717) is 11.6 Å². The lowest BCUT2D eigenvalue weighted by Crippen LogP contribution is -2.22. The summed E-state index contributed by atoms with van der Waals surface area (Å²) in [5.41, 5.74) is -0.701. The van der Waals surface area contributed by atoms with Gasteiger partial charge in [0.2, 0.25) is 10.0 Å². The Balaban J connectivity index is 2.40. The Morgan fingerprint density at radius 1 is 0.913 bits per heavy atom. The highest BCUT2D eigenvalue weighted by atomic mass is 32.2. The molecule has 0 atom stereocenters. The number of alkyl halides is 3. The largest absolute Gasteiger partial charge is 0.419 e. The molecule has 23 heavy (non-hydrogen) atoms. The Bertz CT molecular complexity index is 812. The molecule has 0 saturated heterocycles. The summed E-state index contributed by atoms with van der Waals surface area (Å²) in [6.45, 7) is 0. The maximum absolute atomic E-state index is 13.6. The van der Waals surface area contributed by atoms with E-state index < -0.39 is 27.6 Å². The predicted molar refractivity (Wildman–Crippen MR) is 77.7 cm³/mol. The normalized spacial score (nSPS) is 12.7. The lowest BCUT2D eigenvalue weighted by molar-refractivity contribution is -0.139. The summed E-state index contributed by atoms with van der Waals surface area (Å²) in [6, 6.07) is 8.05. The molecule has 0 amide bonds. The Labute approximate surface area is 131 Å². The van der Waals surface area contributed by atoms with Crippen LogP contribution in [0, 0.1) is 5.82 Å². The van der Waals surface area contributed by atoms with Gasteiger partial charge in [-0.05, 0) is 35.4 Å². The lowest BCUT2D eigenvalue weighted by Gasteiger charge is -2.12. The number of hydrogen-bond acceptors (Lipinski definition) is 2. The minimum Gasteiger partial charge on any atom is -0.207 e. The molecule has 124 valence electrons. The number of halogens is 4. The molecule has 2 aromatic rings. The van der Waals surface area contributed by atoms with Crippen molar-refractivity contribution in [3.05, 3.63) is 53.8 Å². The van der Waals surface area contributed by atoms with Crippen LogP contribution in [-0.2, 0) is 16.2 Å². The van der Waals surface area contributed by atoms with Gasteiger partial charge in [-0.1, -0.05) is 18.2 Å². The highest BCUT2D eigenvalue weighted by Gasteiger charge is 2.33. The summed E-state index contributed by atoms with van der Waals surface area (Å²) in [5.74, 6) is -1.38. The van der Waals surface area contributed by atoms with E-state index in [1.165, 1.54) is 38.4 Å². The van der Waals surface area contributed by atoms with Gasteiger partial charge >= 0.3 is 6.18 Å². The topological polar surface area (TPSA) is 37.4 Å². The van der Waals surface area contributed by atoms with Crippen LogP contribution in [0.5, 0.6) is 0 Å². The van der Waals surface area contributed by atoms with Gasteiger partial charge in [-0.15, -0.1) is 0 Å². The third-order valence-corrected chi connectivity index (χ3v) is 5.07. The molecule has 8 heteroatoms. The fourth-order valence-electron chi connectivity index (χ4n) is 1.95. The zero-order chi connectivity index (χ0) is 17.4. The average molecular weight is 347 g/mol. The van der Waals surface area contributed by atoms with Gasteiger partial charge in [0.25, 0.3) is 0 Å². The van der Waals surface area contributed by atoms with Gasteiger partial charge in [0.1, 0.15) is 5.82 Å². The highest BCUT2D eigenvalue weighted by Crippen LogP contribution is 2.33. The molecule has 0 aromatic heterocycles. The maximum Gasteiger partial charge on any atom is 0.419 e. The molecule has 0 heterocycles. The molecule has 0 bridgehead atoms. The third-order valence-electron chi connectivity index (χ3n) is 3.24. The molecule has 3 nitrogen and oxygen atoms in total. The molecule has 0 aliphatic rings. The van der Waals surface area contributed by atoms with E-state index in [0.717, 1.165) is 16.4 Å². The van der Waals surface area contributed by atoms with Gasteiger partial charge in [0, 0.05) is 14.1 Å². The van der Waals surface area contributed by atoms with Gasteiger partial charge in [-0.25, -0.2) is 17.1 Å². The van der Waals surface area contributed by atoms with Crippen molar-refractivity contribution in [3.63, 3.8) is 0 Å². The van der Waals surface area contributed by atoms with Crippen LogP contribution in [0.15, 0.2) is 47.4 Å². The van der Waals surface area contributed by atoms with Gasteiger partial charge in [0.15, 0.2) is 0 Å². The van der Waals surface area contributed by atoms with Crippen LogP contribution >= 0.6 is 0 Å². The van der Waals surface area contributed by atoms with E-state index in [9.17, 15) is 26.0 Å². The second-order valence-electron chi connectivity index (χ2n) is 5.00. The Kier molecular flexibility index (Phi) is 4.50. The fourth-order valence-corrected chi connectivity index (χ4v) is 2.86. The minimum atomic E-state index is -4.76. The van der Waals surface area contributed by atoms with Crippen molar-refractivity contribution in [3.8, 4) is 11.1 Å². The molecule has 0 N–H and O–H groups in total. The van der Waals surface area contributed by atoms with Crippen LogP contribution in [-0.4, -0.2) is 26.8 Å². The highest BCUT2D eigenvalue weighted by molar-refractivity contribution is 7.89. The molecule has 0 radical (unpaired) electrons. The molecule has 2 rings (SSSR count). The number of rotatable bonds is 3. The molecule has 0 aliphatic heterocycles. The van der Waals surface area contributed by atoms with Gasteiger partial charge in [-0.2, -0.15) is 13.2 Å². The van der Waals surface area contributed by atoms with Gasteiger partial charge < -0.3 is 0 Å².